The average molecular weight is 160 g/mol. The Morgan fingerprint density at radius 3 is 2.73 bits per heavy atom. The molecule has 0 aliphatic rings. The average Bonchev–Trinajstić information content (AvgIpc) is 1.97. The number of hydrogen-bond acceptors (Lipinski definition) is 3. The number of carbonyl (C=O) groups is 2. The van der Waals surface area contributed by atoms with Gasteiger partial charge in [0.2, 0.25) is 0 Å². The molecule has 0 saturated carbocycles. The van der Waals surface area contributed by atoms with E-state index in [1.165, 1.54) is 0 Å². The van der Waals surface area contributed by atoms with Gasteiger partial charge in [-0.2, -0.15) is 0 Å². The second kappa shape index (κ2) is 5.85. The highest BCUT2D eigenvalue weighted by Crippen LogP contribution is 2.02. The number of carbonyl (C=O) groups excluding carboxylic acids is 1. The third-order valence-corrected chi connectivity index (χ3v) is 1.26. The van der Waals surface area contributed by atoms with Crippen LogP contribution in [0.25, 0.3) is 0 Å². The lowest BCUT2D eigenvalue weighted by Crippen LogP contribution is -2.17. The van der Waals surface area contributed by atoms with Crippen LogP contribution >= 0.6 is 0 Å². The van der Waals surface area contributed by atoms with Crippen molar-refractivity contribution in [1.82, 2.24) is 0 Å². The van der Waals surface area contributed by atoms with E-state index in [0.29, 0.717) is 12.7 Å². The SMILES string of the molecule is CCC(CC(=O)O)OCC=O. The minimum atomic E-state index is -0.900. The van der Waals surface area contributed by atoms with E-state index in [1.54, 1.807) is 0 Å². The molecule has 4 nitrogen and oxygen atoms in total. The van der Waals surface area contributed by atoms with Crippen molar-refractivity contribution in [3.63, 3.8) is 0 Å². The predicted molar refractivity (Wildman–Crippen MR) is 38.3 cm³/mol. The summed E-state index contributed by atoms with van der Waals surface area (Å²) in [5, 5.41) is 8.35. The van der Waals surface area contributed by atoms with Crippen molar-refractivity contribution in [2.45, 2.75) is 25.9 Å². The van der Waals surface area contributed by atoms with E-state index in [2.05, 4.69) is 0 Å². The highest BCUT2D eigenvalue weighted by Gasteiger charge is 2.10. The molecule has 0 aromatic carbocycles. The van der Waals surface area contributed by atoms with Crippen LogP contribution in [0.1, 0.15) is 19.8 Å². The maximum atomic E-state index is 10.2. The quantitative estimate of drug-likeness (QED) is 0.573. The van der Waals surface area contributed by atoms with Crippen LogP contribution in [0.4, 0.5) is 0 Å². The van der Waals surface area contributed by atoms with Crippen LogP contribution in [0.3, 0.4) is 0 Å². The van der Waals surface area contributed by atoms with Gasteiger partial charge in [-0.05, 0) is 6.42 Å². The fourth-order valence-electron chi connectivity index (χ4n) is 0.691. The molecule has 0 fully saturated rings. The van der Waals surface area contributed by atoms with Gasteiger partial charge >= 0.3 is 5.97 Å². The summed E-state index contributed by atoms with van der Waals surface area (Å²) < 4.78 is 4.90. The number of ether oxygens (including phenoxy) is 1. The van der Waals surface area contributed by atoms with Crippen LogP contribution in [-0.2, 0) is 14.3 Å². The Labute approximate surface area is 65.2 Å². The van der Waals surface area contributed by atoms with E-state index < -0.39 is 5.97 Å². The standard InChI is InChI=1S/C7H12O4/c1-2-6(5-7(9)10)11-4-3-8/h3,6H,2,4-5H2,1H3,(H,9,10). The van der Waals surface area contributed by atoms with Crippen LogP contribution in [-0.4, -0.2) is 30.1 Å². The summed E-state index contributed by atoms with van der Waals surface area (Å²) in [4.78, 5) is 20.0. The third kappa shape index (κ3) is 5.54. The molecule has 0 amide bonds. The molecule has 1 unspecified atom stereocenters. The lowest BCUT2D eigenvalue weighted by atomic mass is 10.2. The van der Waals surface area contributed by atoms with Gasteiger partial charge in [0.05, 0.1) is 12.5 Å². The minimum absolute atomic E-state index is 0.0220. The zero-order valence-electron chi connectivity index (χ0n) is 6.45. The summed E-state index contributed by atoms with van der Waals surface area (Å²) in [7, 11) is 0. The molecule has 0 radical (unpaired) electrons. The van der Waals surface area contributed by atoms with Gasteiger partial charge < -0.3 is 14.6 Å². The van der Waals surface area contributed by atoms with Gasteiger partial charge in [-0.1, -0.05) is 6.92 Å². The zero-order valence-corrected chi connectivity index (χ0v) is 6.45. The lowest BCUT2D eigenvalue weighted by Gasteiger charge is -2.10. The van der Waals surface area contributed by atoms with Gasteiger partial charge in [-0.25, -0.2) is 0 Å². The van der Waals surface area contributed by atoms with Crippen LogP contribution in [0.2, 0.25) is 0 Å². The fraction of sp³-hybridized carbons (Fsp3) is 0.714. The third-order valence-electron chi connectivity index (χ3n) is 1.26. The van der Waals surface area contributed by atoms with Crippen molar-refractivity contribution >= 4 is 12.3 Å². The Kier molecular flexibility index (Phi) is 5.37. The Morgan fingerprint density at radius 2 is 2.36 bits per heavy atom. The van der Waals surface area contributed by atoms with Gasteiger partial charge in [-0.15, -0.1) is 0 Å². The molecule has 1 N–H and O–H groups in total. The summed E-state index contributed by atoms with van der Waals surface area (Å²) in [5.41, 5.74) is 0. The molecule has 4 heteroatoms. The lowest BCUT2D eigenvalue weighted by molar-refractivity contribution is -0.141. The molecule has 0 spiro atoms. The Morgan fingerprint density at radius 1 is 1.73 bits per heavy atom. The normalized spacial score (nSPS) is 12.5. The van der Waals surface area contributed by atoms with Gasteiger partial charge in [0, 0.05) is 0 Å². The number of rotatable bonds is 6. The molecule has 0 bridgehead atoms. The van der Waals surface area contributed by atoms with Crippen LogP contribution < -0.4 is 0 Å². The molecule has 0 rings (SSSR count). The Balaban J connectivity index is 3.57. The van der Waals surface area contributed by atoms with Crippen molar-refractivity contribution in [2.75, 3.05) is 6.61 Å². The maximum absolute atomic E-state index is 10.2. The van der Waals surface area contributed by atoms with Gasteiger partial charge in [0.15, 0.2) is 0 Å². The van der Waals surface area contributed by atoms with Gasteiger partial charge in [0.1, 0.15) is 12.9 Å². The number of aldehydes is 1. The monoisotopic (exact) mass is 160 g/mol. The van der Waals surface area contributed by atoms with E-state index in [-0.39, 0.29) is 19.1 Å². The first kappa shape index (κ1) is 10.1. The molecule has 0 aliphatic carbocycles. The van der Waals surface area contributed by atoms with E-state index in [0.717, 1.165) is 0 Å². The van der Waals surface area contributed by atoms with Gasteiger partial charge in [-0.3, -0.25) is 4.79 Å². The molecular formula is C7H12O4. The summed E-state index contributed by atoms with van der Waals surface area (Å²) in [6, 6.07) is 0. The number of carboxylic acids is 1. The first-order chi connectivity index (χ1) is 5.20. The fourth-order valence-corrected chi connectivity index (χ4v) is 0.691. The van der Waals surface area contributed by atoms with Gasteiger partial charge in [0.25, 0.3) is 0 Å². The minimum Gasteiger partial charge on any atom is -0.481 e. The Bertz CT molecular complexity index is 132. The van der Waals surface area contributed by atoms with Crippen molar-refractivity contribution in [3.05, 3.63) is 0 Å². The van der Waals surface area contributed by atoms with Crippen molar-refractivity contribution < 1.29 is 19.4 Å². The molecule has 1 atom stereocenters. The second-order valence-corrected chi connectivity index (χ2v) is 2.13. The molecule has 0 heterocycles. The molecular weight excluding hydrogens is 148 g/mol. The first-order valence-electron chi connectivity index (χ1n) is 3.47. The largest absolute Gasteiger partial charge is 0.481 e. The first-order valence-corrected chi connectivity index (χ1v) is 3.47. The molecule has 64 valence electrons. The Hall–Kier alpha value is -0.900. The summed E-state index contributed by atoms with van der Waals surface area (Å²) in [6.07, 6.45) is 0.854. The summed E-state index contributed by atoms with van der Waals surface area (Å²) in [6.45, 7) is 1.80. The van der Waals surface area contributed by atoms with Crippen LogP contribution in [0.5, 0.6) is 0 Å². The molecule has 0 aromatic rings. The van der Waals surface area contributed by atoms with E-state index in [1.807, 2.05) is 6.92 Å². The number of aliphatic carboxylic acids is 1. The molecule has 0 aromatic heterocycles. The summed E-state index contributed by atoms with van der Waals surface area (Å²) in [5.74, 6) is -0.900. The molecule has 11 heavy (non-hydrogen) atoms. The zero-order chi connectivity index (χ0) is 8.69. The highest BCUT2D eigenvalue weighted by molar-refractivity contribution is 5.67. The van der Waals surface area contributed by atoms with E-state index in [4.69, 9.17) is 9.84 Å². The van der Waals surface area contributed by atoms with Crippen molar-refractivity contribution in [3.8, 4) is 0 Å². The smallest absolute Gasteiger partial charge is 0.305 e. The van der Waals surface area contributed by atoms with E-state index >= 15 is 0 Å². The van der Waals surface area contributed by atoms with E-state index in [9.17, 15) is 9.59 Å². The molecule has 0 aliphatic heterocycles. The molecule has 0 saturated heterocycles. The number of carboxylic acid groups (broad SMARTS) is 1. The summed E-state index contributed by atoms with van der Waals surface area (Å²) >= 11 is 0. The predicted octanol–water partition coefficient (Wildman–Crippen LogP) is 0.455. The van der Waals surface area contributed by atoms with Crippen LogP contribution in [0.15, 0.2) is 0 Å². The second-order valence-electron chi connectivity index (χ2n) is 2.13. The van der Waals surface area contributed by atoms with Crippen molar-refractivity contribution in [1.29, 1.82) is 0 Å². The van der Waals surface area contributed by atoms with Crippen LogP contribution in [0, 0.1) is 0 Å². The topological polar surface area (TPSA) is 63.6 Å². The number of hydrogen-bond donors (Lipinski definition) is 1. The van der Waals surface area contributed by atoms with Crippen molar-refractivity contribution in [2.24, 2.45) is 0 Å². The highest BCUT2D eigenvalue weighted by atomic mass is 16.5. The maximum Gasteiger partial charge on any atom is 0.305 e.